The Morgan fingerprint density at radius 3 is 2.55 bits per heavy atom. The number of benzene rings is 1. The Kier molecular flexibility index (Phi) is 6.67. The van der Waals surface area contributed by atoms with Gasteiger partial charge in [-0.05, 0) is 43.2 Å². The number of piperazine rings is 1. The van der Waals surface area contributed by atoms with Crippen molar-refractivity contribution in [1.82, 2.24) is 20.4 Å². The van der Waals surface area contributed by atoms with E-state index < -0.39 is 6.04 Å². The van der Waals surface area contributed by atoms with Crippen LogP contribution in [0.15, 0.2) is 34.7 Å². The van der Waals surface area contributed by atoms with Gasteiger partial charge in [0.1, 0.15) is 6.04 Å². The zero-order valence-corrected chi connectivity index (χ0v) is 17.6. The molecule has 7 heteroatoms. The van der Waals surface area contributed by atoms with E-state index in [1.54, 1.807) is 4.90 Å². The van der Waals surface area contributed by atoms with Gasteiger partial charge in [0.2, 0.25) is 11.8 Å². The van der Waals surface area contributed by atoms with Crippen LogP contribution in [-0.4, -0.2) is 45.5 Å². The van der Waals surface area contributed by atoms with Crippen molar-refractivity contribution in [2.75, 3.05) is 6.54 Å². The number of aromatic nitrogens is 2. The first kappa shape index (κ1) is 21.0. The van der Waals surface area contributed by atoms with Crippen molar-refractivity contribution in [3.63, 3.8) is 0 Å². The maximum absolute atomic E-state index is 13.2. The van der Waals surface area contributed by atoms with Crippen LogP contribution in [0, 0.1) is 11.8 Å². The van der Waals surface area contributed by atoms with Crippen LogP contribution >= 0.6 is 0 Å². The molecule has 156 valence electrons. The van der Waals surface area contributed by atoms with E-state index in [2.05, 4.69) is 43.2 Å². The van der Waals surface area contributed by atoms with Crippen LogP contribution < -0.4 is 5.32 Å². The highest BCUT2D eigenvalue weighted by Crippen LogP contribution is 2.23. The molecular weight excluding hydrogens is 368 g/mol. The van der Waals surface area contributed by atoms with Crippen molar-refractivity contribution in [3.8, 4) is 11.5 Å². The molecule has 1 fully saturated rings. The van der Waals surface area contributed by atoms with Gasteiger partial charge in [0, 0.05) is 18.2 Å². The fourth-order valence-electron chi connectivity index (χ4n) is 3.68. The zero-order valence-electron chi connectivity index (χ0n) is 17.6. The molecule has 1 aliphatic heterocycles. The first-order valence-corrected chi connectivity index (χ1v) is 10.4. The Hall–Kier alpha value is -2.70. The SMILES string of the molecule is CC(C)CC[C@H]1C(=O)N[C@@H](CC(C)C)CN1C(=O)c1nnc(-c2ccccc2)o1. The molecule has 2 atom stereocenters. The average molecular weight is 399 g/mol. The summed E-state index contributed by atoms with van der Waals surface area (Å²) < 4.78 is 5.67. The van der Waals surface area contributed by atoms with Crippen LogP contribution in [-0.2, 0) is 4.79 Å². The van der Waals surface area contributed by atoms with Crippen LogP contribution in [0.3, 0.4) is 0 Å². The van der Waals surface area contributed by atoms with Crippen molar-refractivity contribution < 1.29 is 14.0 Å². The summed E-state index contributed by atoms with van der Waals surface area (Å²) in [7, 11) is 0. The molecule has 2 aromatic rings. The van der Waals surface area contributed by atoms with Gasteiger partial charge in [-0.1, -0.05) is 45.9 Å². The fourth-order valence-corrected chi connectivity index (χ4v) is 3.68. The van der Waals surface area contributed by atoms with Crippen LogP contribution in [0.5, 0.6) is 0 Å². The smallest absolute Gasteiger partial charge is 0.312 e. The van der Waals surface area contributed by atoms with E-state index in [9.17, 15) is 9.59 Å². The second kappa shape index (κ2) is 9.20. The van der Waals surface area contributed by atoms with Crippen molar-refractivity contribution in [2.24, 2.45) is 11.8 Å². The van der Waals surface area contributed by atoms with Crippen molar-refractivity contribution in [2.45, 2.75) is 59.0 Å². The number of carbonyl (C=O) groups is 2. The number of hydrogen-bond acceptors (Lipinski definition) is 5. The van der Waals surface area contributed by atoms with E-state index in [4.69, 9.17) is 4.42 Å². The first-order chi connectivity index (χ1) is 13.8. The lowest BCUT2D eigenvalue weighted by atomic mass is 9.95. The molecule has 0 unspecified atom stereocenters. The second-order valence-electron chi connectivity index (χ2n) is 8.56. The molecule has 29 heavy (non-hydrogen) atoms. The molecule has 0 spiro atoms. The van der Waals surface area contributed by atoms with Gasteiger partial charge in [-0.2, -0.15) is 0 Å². The minimum atomic E-state index is -0.514. The molecule has 0 saturated carbocycles. The van der Waals surface area contributed by atoms with Gasteiger partial charge in [0.15, 0.2) is 0 Å². The quantitative estimate of drug-likeness (QED) is 0.771. The standard InChI is InChI=1S/C22H30N4O3/c1-14(2)10-11-18-19(27)23-17(12-15(3)4)13-26(18)22(28)21-25-24-20(29-21)16-8-6-5-7-9-16/h5-9,14-15,17-18H,10-13H2,1-4H3,(H,23,27)/t17-,18-/m0/s1. The second-order valence-corrected chi connectivity index (χ2v) is 8.56. The molecule has 0 radical (unpaired) electrons. The molecule has 1 saturated heterocycles. The van der Waals surface area contributed by atoms with Gasteiger partial charge in [0.05, 0.1) is 0 Å². The van der Waals surface area contributed by atoms with Gasteiger partial charge in [0.25, 0.3) is 0 Å². The molecule has 0 bridgehead atoms. The largest absolute Gasteiger partial charge is 0.412 e. The van der Waals surface area contributed by atoms with Gasteiger partial charge >= 0.3 is 11.8 Å². The van der Waals surface area contributed by atoms with Crippen LogP contribution in [0.2, 0.25) is 0 Å². The van der Waals surface area contributed by atoms with E-state index in [-0.39, 0.29) is 23.7 Å². The minimum absolute atomic E-state index is 0.0711. The summed E-state index contributed by atoms with van der Waals surface area (Å²) in [6.07, 6.45) is 2.28. The third-order valence-electron chi connectivity index (χ3n) is 5.11. The van der Waals surface area contributed by atoms with E-state index in [1.807, 2.05) is 30.3 Å². The van der Waals surface area contributed by atoms with Crippen molar-refractivity contribution >= 4 is 11.8 Å². The van der Waals surface area contributed by atoms with Gasteiger partial charge < -0.3 is 14.6 Å². The van der Waals surface area contributed by atoms with E-state index in [1.165, 1.54) is 0 Å². The number of hydrogen-bond donors (Lipinski definition) is 1. The highest BCUT2D eigenvalue weighted by atomic mass is 16.4. The van der Waals surface area contributed by atoms with Crippen LogP contribution in [0.4, 0.5) is 0 Å². The molecule has 1 N–H and O–H groups in total. The summed E-state index contributed by atoms with van der Waals surface area (Å²) in [4.78, 5) is 27.6. The Balaban J connectivity index is 1.83. The lowest BCUT2D eigenvalue weighted by Gasteiger charge is -2.39. The normalized spacial score (nSPS) is 19.7. The van der Waals surface area contributed by atoms with Crippen molar-refractivity contribution in [3.05, 3.63) is 36.2 Å². The third kappa shape index (κ3) is 5.22. The molecule has 1 aromatic heterocycles. The Labute approximate surface area is 171 Å². The predicted molar refractivity (Wildman–Crippen MR) is 110 cm³/mol. The summed E-state index contributed by atoms with van der Waals surface area (Å²) in [5, 5.41) is 11.1. The summed E-state index contributed by atoms with van der Waals surface area (Å²) >= 11 is 0. The number of carbonyl (C=O) groups excluding carboxylic acids is 2. The maximum atomic E-state index is 13.2. The molecule has 1 aromatic carbocycles. The lowest BCUT2D eigenvalue weighted by Crippen LogP contribution is -2.61. The summed E-state index contributed by atoms with van der Waals surface area (Å²) in [6.45, 7) is 8.88. The number of nitrogens with zero attached hydrogens (tertiary/aromatic N) is 3. The highest BCUT2D eigenvalue weighted by molar-refractivity contribution is 5.95. The molecule has 7 nitrogen and oxygen atoms in total. The van der Waals surface area contributed by atoms with Gasteiger partial charge in [-0.15, -0.1) is 10.2 Å². The summed E-state index contributed by atoms with van der Waals surface area (Å²) in [6, 6.07) is 8.74. The van der Waals surface area contributed by atoms with E-state index in [0.717, 1.165) is 18.4 Å². The van der Waals surface area contributed by atoms with E-state index in [0.29, 0.717) is 30.7 Å². The van der Waals surface area contributed by atoms with Crippen molar-refractivity contribution in [1.29, 1.82) is 0 Å². The van der Waals surface area contributed by atoms with Crippen LogP contribution in [0.1, 0.15) is 57.6 Å². The molecule has 3 rings (SSSR count). The molecule has 2 heterocycles. The highest BCUT2D eigenvalue weighted by Gasteiger charge is 2.39. The van der Waals surface area contributed by atoms with Gasteiger partial charge in [-0.25, -0.2) is 0 Å². The van der Waals surface area contributed by atoms with Crippen LogP contribution in [0.25, 0.3) is 11.5 Å². The molecule has 1 aliphatic rings. The average Bonchev–Trinajstić information content (AvgIpc) is 3.16. The topological polar surface area (TPSA) is 88.3 Å². The first-order valence-electron chi connectivity index (χ1n) is 10.4. The fraction of sp³-hybridized carbons (Fsp3) is 0.545. The number of rotatable bonds is 7. The molecule has 0 aliphatic carbocycles. The Morgan fingerprint density at radius 1 is 1.17 bits per heavy atom. The zero-order chi connectivity index (χ0) is 21.0. The Morgan fingerprint density at radius 2 is 1.90 bits per heavy atom. The maximum Gasteiger partial charge on any atom is 0.312 e. The summed E-state index contributed by atoms with van der Waals surface area (Å²) in [5.41, 5.74) is 0.754. The molecular formula is C22H30N4O3. The molecule has 2 amide bonds. The number of amides is 2. The number of nitrogens with one attached hydrogen (secondary N) is 1. The van der Waals surface area contributed by atoms with Gasteiger partial charge in [-0.3, -0.25) is 9.59 Å². The Bertz CT molecular complexity index is 832. The predicted octanol–water partition coefficient (Wildman–Crippen LogP) is 3.53. The lowest BCUT2D eigenvalue weighted by molar-refractivity contribution is -0.130. The third-order valence-corrected chi connectivity index (χ3v) is 5.11. The summed E-state index contributed by atoms with van der Waals surface area (Å²) in [5.74, 6) is 0.610. The van der Waals surface area contributed by atoms with E-state index >= 15 is 0 Å². The monoisotopic (exact) mass is 398 g/mol. The minimum Gasteiger partial charge on any atom is -0.412 e.